The molecule has 0 aromatic rings. The van der Waals surface area contributed by atoms with Crippen LogP contribution in [0.3, 0.4) is 0 Å². The Balaban J connectivity index is 2.01. The molecular formula is C14H28N2O. The molecule has 2 fully saturated rings. The van der Waals surface area contributed by atoms with Crippen molar-refractivity contribution in [3.8, 4) is 0 Å². The van der Waals surface area contributed by atoms with Crippen LogP contribution in [0.15, 0.2) is 0 Å². The summed E-state index contributed by atoms with van der Waals surface area (Å²) >= 11 is 0. The highest BCUT2D eigenvalue weighted by Gasteiger charge is 2.40. The number of hydrogen-bond acceptors (Lipinski definition) is 3. The second-order valence-corrected chi connectivity index (χ2v) is 7.36. The van der Waals surface area contributed by atoms with Crippen LogP contribution in [0, 0.1) is 0 Å². The molecule has 2 heterocycles. The highest BCUT2D eigenvalue weighted by atomic mass is 16.5. The molecule has 0 aromatic heterocycles. The van der Waals surface area contributed by atoms with Crippen LogP contribution in [0.1, 0.15) is 47.5 Å². The van der Waals surface area contributed by atoms with Crippen LogP contribution in [0.4, 0.5) is 0 Å². The molecule has 0 aromatic carbocycles. The molecule has 2 aliphatic heterocycles. The smallest absolute Gasteiger partial charge is 0.0760 e. The Morgan fingerprint density at radius 1 is 1.06 bits per heavy atom. The van der Waals surface area contributed by atoms with E-state index in [2.05, 4.69) is 44.8 Å². The molecule has 17 heavy (non-hydrogen) atoms. The zero-order valence-electron chi connectivity index (χ0n) is 12.1. The van der Waals surface area contributed by atoms with Gasteiger partial charge >= 0.3 is 0 Å². The second kappa shape index (κ2) is 4.22. The van der Waals surface area contributed by atoms with Crippen LogP contribution in [0.5, 0.6) is 0 Å². The molecule has 3 heteroatoms. The number of hydrogen-bond donors (Lipinski definition) is 1. The minimum atomic E-state index is -0.0310. The van der Waals surface area contributed by atoms with Gasteiger partial charge in [-0.1, -0.05) is 0 Å². The maximum Gasteiger partial charge on any atom is 0.0760 e. The van der Waals surface area contributed by atoms with Crippen LogP contribution >= 0.6 is 0 Å². The molecule has 0 bridgehead atoms. The van der Waals surface area contributed by atoms with Crippen LogP contribution in [0.2, 0.25) is 0 Å². The van der Waals surface area contributed by atoms with Gasteiger partial charge in [0, 0.05) is 25.2 Å². The summed E-state index contributed by atoms with van der Waals surface area (Å²) in [6.45, 7) is 15.5. The molecule has 1 N–H and O–H groups in total. The van der Waals surface area contributed by atoms with Gasteiger partial charge in [0.2, 0.25) is 0 Å². The van der Waals surface area contributed by atoms with Crippen molar-refractivity contribution in [2.45, 2.75) is 64.2 Å². The Bertz CT molecular complexity index is 264. The summed E-state index contributed by atoms with van der Waals surface area (Å²) in [6, 6.07) is 0. The van der Waals surface area contributed by atoms with E-state index in [0.29, 0.717) is 5.54 Å². The fourth-order valence-electron chi connectivity index (χ4n) is 3.64. The summed E-state index contributed by atoms with van der Waals surface area (Å²) in [6.07, 6.45) is 2.61. The quantitative estimate of drug-likeness (QED) is 0.799. The summed E-state index contributed by atoms with van der Waals surface area (Å²) in [7, 11) is 0. The third kappa shape index (κ3) is 3.43. The van der Waals surface area contributed by atoms with Crippen molar-refractivity contribution in [1.82, 2.24) is 10.2 Å². The molecule has 0 radical (unpaired) electrons. The van der Waals surface area contributed by atoms with Gasteiger partial charge in [-0.15, -0.1) is 0 Å². The minimum absolute atomic E-state index is 0.0310. The van der Waals surface area contributed by atoms with E-state index in [-0.39, 0.29) is 11.2 Å². The number of nitrogens with one attached hydrogen (secondary N) is 1. The van der Waals surface area contributed by atoms with Crippen molar-refractivity contribution < 1.29 is 4.74 Å². The van der Waals surface area contributed by atoms with Gasteiger partial charge in [0.15, 0.2) is 0 Å². The van der Waals surface area contributed by atoms with E-state index in [0.717, 1.165) is 19.6 Å². The fourth-order valence-corrected chi connectivity index (χ4v) is 3.64. The molecule has 100 valence electrons. The Labute approximate surface area is 106 Å². The molecule has 0 amide bonds. The minimum Gasteiger partial charge on any atom is -0.367 e. The first kappa shape index (κ1) is 13.3. The summed E-state index contributed by atoms with van der Waals surface area (Å²) in [4.78, 5) is 2.57. The molecule has 1 unspecified atom stereocenters. The molecular weight excluding hydrogens is 212 g/mol. The third-order valence-electron chi connectivity index (χ3n) is 3.79. The van der Waals surface area contributed by atoms with Crippen LogP contribution < -0.4 is 5.32 Å². The summed E-state index contributed by atoms with van der Waals surface area (Å²) in [5.74, 6) is 0. The van der Waals surface area contributed by atoms with Crippen LogP contribution in [-0.4, -0.2) is 47.8 Å². The lowest BCUT2D eigenvalue weighted by atomic mass is 9.94. The maximum absolute atomic E-state index is 6.13. The average Bonchev–Trinajstić information content (AvgIpc) is 2.44. The van der Waals surface area contributed by atoms with Gasteiger partial charge in [-0.25, -0.2) is 0 Å². The Morgan fingerprint density at radius 3 is 2.12 bits per heavy atom. The standard InChI is InChI=1S/C14H28N2O/c1-12(2)9-16(10-13(3,4)17-12)11-14(5)7-6-8-15-14/h15H,6-11H2,1-5H3. The van der Waals surface area contributed by atoms with Crippen LogP contribution in [-0.2, 0) is 4.74 Å². The largest absolute Gasteiger partial charge is 0.367 e. The van der Waals surface area contributed by atoms with Gasteiger partial charge in [0.05, 0.1) is 11.2 Å². The molecule has 3 nitrogen and oxygen atoms in total. The zero-order chi connectivity index (χ0) is 12.7. The van der Waals surface area contributed by atoms with Crippen molar-refractivity contribution >= 4 is 0 Å². The molecule has 2 rings (SSSR count). The van der Waals surface area contributed by atoms with Crippen molar-refractivity contribution in [3.63, 3.8) is 0 Å². The molecule has 0 aliphatic carbocycles. The summed E-state index contributed by atoms with van der Waals surface area (Å²) in [5.41, 5.74) is 0.247. The Hall–Kier alpha value is -0.120. The summed E-state index contributed by atoms with van der Waals surface area (Å²) < 4.78 is 6.13. The fraction of sp³-hybridized carbons (Fsp3) is 1.00. The van der Waals surface area contributed by atoms with E-state index < -0.39 is 0 Å². The maximum atomic E-state index is 6.13. The molecule has 0 saturated carbocycles. The lowest BCUT2D eigenvalue weighted by molar-refractivity contribution is -0.182. The van der Waals surface area contributed by atoms with Gasteiger partial charge in [-0.3, -0.25) is 4.90 Å². The number of nitrogens with zero attached hydrogens (tertiary/aromatic N) is 1. The SMILES string of the molecule is CC1(CN2CC(C)(C)OC(C)(C)C2)CCCN1. The van der Waals surface area contributed by atoms with Gasteiger partial charge in [-0.2, -0.15) is 0 Å². The predicted molar refractivity (Wildman–Crippen MR) is 71.3 cm³/mol. The lowest BCUT2D eigenvalue weighted by Gasteiger charge is -2.49. The first-order valence-corrected chi connectivity index (χ1v) is 6.87. The molecule has 1 atom stereocenters. The lowest BCUT2D eigenvalue weighted by Crippen LogP contribution is -2.60. The highest BCUT2D eigenvalue weighted by Crippen LogP contribution is 2.30. The molecule has 2 aliphatic rings. The van der Waals surface area contributed by atoms with Crippen molar-refractivity contribution in [1.29, 1.82) is 0 Å². The predicted octanol–water partition coefficient (Wildman–Crippen LogP) is 2.02. The molecule has 0 spiro atoms. The van der Waals surface area contributed by atoms with Crippen LogP contribution in [0.25, 0.3) is 0 Å². The van der Waals surface area contributed by atoms with Crippen molar-refractivity contribution in [3.05, 3.63) is 0 Å². The Morgan fingerprint density at radius 2 is 1.65 bits per heavy atom. The Kier molecular flexibility index (Phi) is 3.30. The number of rotatable bonds is 2. The van der Waals surface area contributed by atoms with E-state index in [9.17, 15) is 0 Å². The van der Waals surface area contributed by atoms with Crippen molar-refractivity contribution in [2.75, 3.05) is 26.2 Å². The monoisotopic (exact) mass is 240 g/mol. The van der Waals surface area contributed by atoms with Gasteiger partial charge in [0.25, 0.3) is 0 Å². The number of ether oxygens (including phenoxy) is 1. The zero-order valence-corrected chi connectivity index (χ0v) is 12.1. The van der Waals surface area contributed by atoms with Gasteiger partial charge < -0.3 is 10.1 Å². The normalized spacial score (nSPS) is 37.2. The first-order valence-electron chi connectivity index (χ1n) is 6.87. The summed E-state index contributed by atoms with van der Waals surface area (Å²) in [5, 5.41) is 3.65. The van der Waals surface area contributed by atoms with E-state index in [1.165, 1.54) is 19.4 Å². The van der Waals surface area contributed by atoms with E-state index in [1.807, 2.05) is 0 Å². The van der Waals surface area contributed by atoms with Gasteiger partial charge in [-0.05, 0) is 54.0 Å². The van der Waals surface area contributed by atoms with Gasteiger partial charge in [0.1, 0.15) is 0 Å². The third-order valence-corrected chi connectivity index (χ3v) is 3.79. The first-order chi connectivity index (χ1) is 7.70. The second-order valence-electron chi connectivity index (χ2n) is 7.36. The molecule has 2 saturated heterocycles. The van der Waals surface area contributed by atoms with Crippen molar-refractivity contribution in [2.24, 2.45) is 0 Å². The van der Waals surface area contributed by atoms with E-state index >= 15 is 0 Å². The topological polar surface area (TPSA) is 24.5 Å². The highest BCUT2D eigenvalue weighted by molar-refractivity contribution is 4.96. The van der Waals surface area contributed by atoms with E-state index in [4.69, 9.17) is 4.74 Å². The van der Waals surface area contributed by atoms with E-state index in [1.54, 1.807) is 0 Å². The average molecular weight is 240 g/mol. The number of morpholine rings is 1.